The molecule has 0 bridgehead atoms. The highest BCUT2D eigenvalue weighted by Gasteiger charge is 2.09. The second-order valence-corrected chi connectivity index (χ2v) is 8.02. The highest BCUT2D eigenvalue weighted by atomic mass is 16.5. The molecule has 0 saturated heterocycles. The van der Waals surface area contributed by atoms with Gasteiger partial charge in [0.05, 0.1) is 24.9 Å². The number of carbonyl (C=O) groups excluding carboxylic acids is 1. The summed E-state index contributed by atoms with van der Waals surface area (Å²) in [5.41, 5.74) is 10.4. The van der Waals surface area contributed by atoms with Crippen molar-refractivity contribution in [3.05, 3.63) is 84.0 Å². The van der Waals surface area contributed by atoms with Crippen LogP contribution in [0.2, 0.25) is 0 Å². The minimum atomic E-state index is -0.280. The fourth-order valence-electron chi connectivity index (χ4n) is 3.59. The standard InChI is InChI=1S/C26H30N4O3/c1-18(2)15-29(3)16-21(27)17-30-13-12-20-6-5-7-22(26(20)30)28-25(32)11-9-19-8-10-24(33-4)23(31)14-19/h5-16,31H,17,27H2,1-4H3,(H,28,32)/b11-9+,21-16-. The van der Waals surface area contributed by atoms with Crippen molar-refractivity contribution in [3.8, 4) is 11.5 Å². The molecule has 4 N–H and O–H groups in total. The summed E-state index contributed by atoms with van der Waals surface area (Å²) in [5.74, 6) is 0.116. The molecule has 3 aromatic rings. The number of methoxy groups -OCH3 is 1. The smallest absolute Gasteiger partial charge is 0.248 e. The maximum Gasteiger partial charge on any atom is 0.248 e. The van der Waals surface area contributed by atoms with E-state index in [2.05, 4.69) is 5.32 Å². The van der Waals surface area contributed by atoms with Crippen molar-refractivity contribution in [2.45, 2.75) is 20.4 Å². The van der Waals surface area contributed by atoms with Gasteiger partial charge in [-0.2, -0.15) is 0 Å². The summed E-state index contributed by atoms with van der Waals surface area (Å²) in [5, 5.41) is 13.9. The molecule has 0 fully saturated rings. The minimum absolute atomic E-state index is 0.0172. The van der Waals surface area contributed by atoms with Gasteiger partial charge in [0.25, 0.3) is 0 Å². The molecule has 0 aliphatic heterocycles. The van der Waals surface area contributed by atoms with E-state index < -0.39 is 0 Å². The molecule has 7 heteroatoms. The first kappa shape index (κ1) is 23.5. The van der Waals surface area contributed by atoms with E-state index in [-0.39, 0.29) is 11.7 Å². The number of anilines is 1. The van der Waals surface area contributed by atoms with Crippen LogP contribution in [0.3, 0.4) is 0 Å². The number of nitrogens with one attached hydrogen (secondary N) is 1. The van der Waals surface area contributed by atoms with E-state index in [1.807, 2.05) is 73.2 Å². The Morgan fingerprint density at radius 3 is 2.70 bits per heavy atom. The molecule has 0 saturated carbocycles. The van der Waals surface area contributed by atoms with Crippen LogP contribution in [0.5, 0.6) is 11.5 Å². The molecule has 0 atom stereocenters. The van der Waals surface area contributed by atoms with Crippen molar-refractivity contribution in [3.63, 3.8) is 0 Å². The number of benzene rings is 2. The lowest BCUT2D eigenvalue weighted by molar-refractivity contribution is -0.111. The lowest BCUT2D eigenvalue weighted by Gasteiger charge is -2.13. The number of nitrogens with zero attached hydrogens (tertiary/aromatic N) is 2. The molecular formula is C26H30N4O3. The predicted octanol–water partition coefficient (Wildman–Crippen LogP) is 4.66. The number of ether oxygens (including phenoxy) is 1. The Morgan fingerprint density at radius 2 is 2.00 bits per heavy atom. The summed E-state index contributed by atoms with van der Waals surface area (Å²) in [4.78, 5) is 14.5. The van der Waals surface area contributed by atoms with Crippen LogP contribution in [-0.4, -0.2) is 34.6 Å². The molecule has 172 valence electrons. The van der Waals surface area contributed by atoms with E-state index in [4.69, 9.17) is 10.5 Å². The zero-order valence-electron chi connectivity index (χ0n) is 19.4. The molecule has 1 amide bonds. The zero-order valence-corrected chi connectivity index (χ0v) is 19.4. The number of nitrogens with two attached hydrogens (primary N) is 1. The van der Waals surface area contributed by atoms with Crippen molar-refractivity contribution >= 4 is 28.6 Å². The number of hydrogen-bond donors (Lipinski definition) is 3. The fourth-order valence-corrected chi connectivity index (χ4v) is 3.59. The number of aromatic nitrogens is 1. The monoisotopic (exact) mass is 446 g/mol. The lowest BCUT2D eigenvalue weighted by Crippen LogP contribution is -2.14. The van der Waals surface area contributed by atoms with E-state index in [0.29, 0.717) is 29.2 Å². The molecule has 0 radical (unpaired) electrons. The van der Waals surface area contributed by atoms with E-state index in [1.165, 1.54) is 24.8 Å². The third-order valence-corrected chi connectivity index (χ3v) is 4.86. The van der Waals surface area contributed by atoms with Crippen LogP contribution in [0.25, 0.3) is 17.0 Å². The largest absolute Gasteiger partial charge is 0.504 e. The maximum atomic E-state index is 12.6. The summed E-state index contributed by atoms with van der Waals surface area (Å²) < 4.78 is 7.05. The van der Waals surface area contributed by atoms with E-state index in [0.717, 1.165) is 10.9 Å². The van der Waals surface area contributed by atoms with Crippen LogP contribution in [0.1, 0.15) is 19.4 Å². The van der Waals surface area contributed by atoms with Gasteiger partial charge in [-0.25, -0.2) is 0 Å². The summed E-state index contributed by atoms with van der Waals surface area (Å²) in [7, 11) is 3.42. The van der Waals surface area contributed by atoms with Gasteiger partial charge >= 0.3 is 0 Å². The van der Waals surface area contributed by atoms with Crippen molar-refractivity contribution in [1.29, 1.82) is 0 Å². The first-order valence-corrected chi connectivity index (χ1v) is 10.5. The number of hydrogen-bond acceptors (Lipinski definition) is 5. The molecule has 7 nitrogen and oxygen atoms in total. The Hall–Kier alpha value is -4.13. The minimum Gasteiger partial charge on any atom is -0.504 e. The average molecular weight is 447 g/mol. The topological polar surface area (TPSA) is 92.8 Å². The van der Waals surface area contributed by atoms with Crippen molar-refractivity contribution < 1.29 is 14.6 Å². The average Bonchev–Trinajstić information content (AvgIpc) is 3.15. The second kappa shape index (κ2) is 10.5. The molecule has 3 rings (SSSR count). The van der Waals surface area contributed by atoms with Gasteiger partial charge in [-0.05, 0) is 49.8 Å². The number of phenols is 1. The second-order valence-electron chi connectivity index (χ2n) is 8.02. The Morgan fingerprint density at radius 1 is 1.21 bits per heavy atom. The van der Waals surface area contributed by atoms with Crippen LogP contribution in [0.4, 0.5) is 5.69 Å². The number of phenolic OH excluding ortho intramolecular Hbond substituents is 1. The number of para-hydroxylation sites is 1. The predicted molar refractivity (Wildman–Crippen MR) is 134 cm³/mol. The van der Waals surface area contributed by atoms with E-state index in [9.17, 15) is 9.90 Å². The number of rotatable bonds is 8. The Kier molecular flexibility index (Phi) is 7.46. The van der Waals surface area contributed by atoms with Crippen molar-refractivity contribution in [2.75, 3.05) is 19.5 Å². The van der Waals surface area contributed by atoms with E-state index in [1.54, 1.807) is 18.2 Å². The van der Waals surface area contributed by atoms with Crippen LogP contribution < -0.4 is 15.8 Å². The number of allylic oxidation sites excluding steroid dienone is 2. The number of aromatic hydroxyl groups is 1. The molecule has 0 aliphatic rings. The number of carbonyl (C=O) groups is 1. The van der Waals surface area contributed by atoms with Gasteiger partial charge in [-0.1, -0.05) is 23.8 Å². The molecule has 0 aliphatic carbocycles. The zero-order chi connectivity index (χ0) is 24.0. The Balaban J connectivity index is 1.79. The highest BCUT2D eigenvalue weighted by Crippen LogP contribution is 2.27. The summed E-state index contributed by atoms with van der Waals surface area (Å²) >= 11 is 0. The first-order valence-electron chi connectivity index (χ1n) is 10.5. The van der Waals surface area contributed by atoms with Crippen LogP contribution >= 0.6 is 0 Å². The van der Waals surface area contributed by atoms with Crippen LogP contribution in [0, 0.1) is 0 Å². The van der Waals surface area contributed by atoms with Gasteiger partial charge in [-0.15, -0.1) is 0 Å². The third kappa shape index (κ3) is 6.20. The maximum absolute atomic E-state index is 12.6. The summed E-state index contributed by atoms with van der Waals surface area (Å²) in [6, 6.07) is 12.7. The third-order valence-electron chi connectivity index (χ3n) is 4.86. The van der Waals surface area contributed by atoms with Crippen LogP contribution in [-0.2, 0) is 11.3 Å². The normalized spacial score (nSPS) is 11.6. The van der Waals surface area contributed by atoms with Crippen molar-refractivity contribution in [2.24, 2.45) is 5.73 Å². The Labute approximate surface area is 194 Å². The molecule has 33 heavy (non-hydrogen) atoms. The lowest BCUT2D eigenvalue weighted by atomic mass is 10.2. The summed E-state index contributed by atoms with van der Waals surface area (Å²) in [6.45, 7) is 4.54. The SMILES string of the molecule is COc1ccc(/C=C/C(=O)Nc2cccc3ccn(C/C(N)=C/N(C)C=C(C)C)c23)cc1O. The van der Waals surface area contributed by atoms with Gasteiger partial charge in [0.15, 0.2) is 11.5 Å². The van der Waals surface area contributed by atoms with Crippen molar-refractivity contribution in [1.82, 2.24) is 9.47 Å². The van der Waals surface area contributed by atoms with Crippen LogP contribution in [0.15, 0.2) is 78.4 Å². The van der Waals surface area contributed by atoms with E-state index >= 15 is 0 Å². The molecule has 2 aromatic carbocycles. The number of fused-ring (bicyclic) bond motifs is 1. The quantitative estimate of drug-likeness (QED) is 0.438. The molecule has 0 spiro atoms. The molecular weight excluding hydrogens is 416 g/mol. The Bertz CT molecular complexity index is 1230. The van der Waals surface area contributed by atoms with Gasteiger partial charge in [0, 0.05) is 42.8 Å². The fraction of sp³-hybridized carbons (Fsp3) is 0.192. The first-order chi connectivity index (χ1) is 15.8. The van der Waals surface area contributed by atoms with Gasteiger partial charge in [-0.3, -0.25) is 4.79 Å². The number of amides is 1. The van der Waals surface area contributed by atoms with Gasteiger partial charge in [0.2, 0.25) is 5.91 Å². The molecule has 1 aromatic heterocycles. The van der Waals surface area contributed by atoms with Gasteiger partial charge < -0.3 is 30.4 Å². The van der Waals surface area contributed by atoms with Gasteiger partial charge in [0.1, 0.15) is 0 Å². The molecule has 1 heterocycles. The molecule has 0 unspecified atom stereocenters. The summed E-state index contributed by atoms with van der Waals surface area (Å²) in [6.07, 6.45) is 8.90. The highest BCUT2D eigenvalue weighted by molar-refractivity contribution is 6.06.